The molecule has 5 heteroatoms. The number of nitrogens with zero attached hydrogens (tertiary/aromatic N) is 1. The third-order valence-corrected chi connectivity index (χ3v) is 2.19. The van der Waals surface area contributed by atoms with Crippen molar-refractivity contribution < 1.29 is 19.5 Å². The van der Waals surface area contributed by atoms with Crippen LogP contribution in [0.4, 0.5) is 0 Å². The third kappa shape index (κ3) is 1.48. The van der Waals surface area contributed by atoms with E-state index in [-0.39, 0.29) is 0 Å². The molecule has 1 aliphatic rings. The van der Waals surface area contributed by atoms with E-state index >= 15 is 0 Å². The number of hydrogen-bond donors (Lipinski definition) is 1. The quantitative estimate of drug-likeness (QED) is 0.589. The topological polar surface area (TPSA) is 74.7 Å². The van der Waals surface area contributed by atoms with Crippen molar-refractivity contribution in [1.29, 1.82) is 0 Å². The normalized spacial score (nSPS) is 14.6. The van der Waals surface area contributed by atoms with Crippen LogP contribution in [-0.4, -0.2) is 27.8 Å². The highest BCUT2D eigenvalue weighted by Gasteiger charge is 2.33. The van der Waals surface area contributed by atoms with Crippen LogP contribution < -0.4 is 0 Å². The molecular weight excluding hydrogens is 210 g/mol. The van der Waals surface area contributed by atoms with Gasteiger partial charge in [0.1, 0.15) is 0 Å². The van der Waals surface area contributed by atoms with Crippen molar-refractivity contribution >= 4 is 17.8 Å². The predicted octanol–water partition coefficient (Wildman–Crippen LogP) is 0.881. The lowest BCUT2D eigenvalue weighted by Crippen LogP contribution is -2.23. The molecule has 0 atom stereocenters. The van der Waals surface area contributed by atoms with E-state index in [2.05, 4.69) is 0 Å². The Bertz CT molecular complexity index is 483. The Labute approximate surface area is 90.6 Å². The largest absolute Gasteiger partial charge is 0.478 e. The fourth-order valence-corrected chi connectivity index (χ4v) is 1.48. The molecule has 1 aromatic carbocycles. The van der Waals surface area contributed by atoms with Crippen molar-refractivity contribution in [2.75, 3.05) is 0 Å². The van der Waals surface area contributed by atoms with Crippen molar-refractivity contribution in [3.05, 3.63) is 47.7 Å². The lowest BCUT2D eigenvalue weighted by molar-refractivity contribution is -0.131. The van der Waals surface area contributed by atoms with Crippen molar-refractivity contribution in [3.63, 3.8) is 0 Å². The fourth-order valence-electron chi connectivity index (χ4n) is 1.48. The Kier molecular flexibility index (Phi) is 2.28. The molecule has 0 aromatic heterocycles. The highest BCUT2D eigenvalue weighted by molar-refractivity contribution is 6.22. The van der Waals surface area contributed by atoms with Gasteiger partial charge in [0.15, 0.2) is 0 Å². The van der Waals surface area contributed by atoms with Crippen molar-refractivity contribution in [1.82, 2.24) is 4.90 Å². The van der Waals surface area contributed by atoms with Crippen LogP contribution in [-0.2, 0) is 4.79 Å². The van der Waals surface area contributed by atoms with Crippen LogP contribution in [0.25, 0.3) is 0 Å². The number of rotatable bonds is 2. The monoisotopic (exact) mass is 217 g/mol. The van der Waals surface area contributed by atoms with Crippen LogP contribution in [0.5, 0.6) is 0 Å². The van der Waals surface area contributed by atoms with E-state index in [0.29, 0.717) is 11.1 Å². The van der Waals surface area contributed by atoms with Crippen LogP contribution >= 0.6 is 0 Å². The Morgan fingerprint density at radius 2 is 1.62 bits per heavy atom. The molecular formula is C11H7NO4. The van der Waals surface area contributed by atoms with Crippen molar-refractivity contribution in [3.8, 4) is 0 Å². The van der Waals surface area contributed by atoms with E-state index in [9.17, 15) is 14.4 Å². The van der Waals surface area contributed by atoms with E-state index in [1.165, 1.54) is 12.1 Å². The van der Waals surface area contributed by atoms with E-state index in [0.717, 1.165) is 17.2 Å². The smallest absolute Gasteiger partial charge is 0.329 e. The molecule has 0 saturated heterocycles. The number of benzene rings is 1. The van der Waals surface area contributed by atoms with Gasteiger partial charge in [-0.2, -0.15) is 0 Å². The van der Waals surface area contributed by atoms with Gasteiger partial charge in [0.25, 0.3) is 11.8 Å². The second kappa shape index (κ2) is 3.62. The summed E-state index contributed by atoms with van der Waals surface area (Å²) >= 11 is 0. The Hall–Kier alpha value is -2.43. The molecule has 1 heterocycles. The molecule has 0 radical (unpaired) electrons. The number of carboxylic acids is 1. The molecule has 0 unspecified atom stereocenters. The van der Waals surface area contributed by atoms with E-state index in [4.69, 9.17) is 5.11 Å². The first-order valence-corrected chi connectivity index (χ1v) is 4.49. The van der Waals surface area contributed by atoms with Gasteiger partial charge in [-0.1, -0.05) is 12.1 Å². The molecule has 0 bridgehead atoms. The summed E-state index contributed by atoms with van der Waals surface area (Å²) in [6, 6.07) is 6.36. The van der Waals surface area contributed by atoms with Gasteiger partial charge in [-0.15, -0.1) is 0 Å². The molecule has 5 nitrogen and oxygen atoms in total. The van der Waals surface area contributed by atoms with Crippen LogP contribution in [0.1, 0.15) is 20.7 Å². The zero-order chi connectivity index (χ0) is 11.7. The first kappa shape index (κ1) is 10.1. The van der Waals surface area contributed by atoms with Crippen LogP contribution in [0.2, 0.25) is 0 Å². The van der Waals surface area contributed by atoms with Gasteiger partial charge in [0.2, 0.25) is 0 Å². The zero-order valence-electron chi connectivity index (χ0n) is 8.08. The Morgan fingerprint density at radius 1 is 1.12 bits per heavy atom. The Balaban J connectivity index is 2.39. The van der Waals surface area contributed by atoms with Gasteiger partial charge >= 0.3 is 5.97 Å². The zero-order valence-corrected chi connectivity index (χ0v) is 8.08. The molecule has 1 aliphatic heterocycles. The summed E-state index contributed by atoms with van der Waals surface area (Å²) in [6.45, 7) is 0. The first-order chi connectivity index (χ1) is 7.61. The number of imide groups is 1. The molecule has 0 fully saturated rings. The fraction of sp³-hybridized carbons (Fsp3) is 0. The van der Waals surface area contributed by atoms with Crippen LogP contribution in [0.15, 0.2) is 36.5 Å². The minimum atomic E-state index is -1.21. The molecule has 1 N–H and O–H groups in total. The van der Waals surface area contributed by atoms with E-state index in [1.54, 1.807) is 12.1 Å². The highest BCUT2D eigenvalue weighted by atomic mass is 16.4. The van der Waals surface area contributed by atoms with E-state index in [1.807, 2.05) is 0 Å². The van der Waals surface area contributed by atoms with Gasteiger partial charge in [-0.05, 0) is 12.1 Å². The Morgan fingerprint density at radius 3 is 2.06 bits per heavy atom. The summed E-state index contributed by atoms with van der Waals surface area (Å²) < 4.78 is 0. The van der Waals surface area contributed by atoms with Gasteiger partial charge in [0.05, 0.1) is 11.1 Å². The number of carbonyl (C=O) groups is 3. The standard InChI is InChI=1S/C11H7NO4/c13-9(14)5-6-12-10(15)7-3-1-2-4-8(7)11(12)16/h1-6H,(H,13,14)/b6-5+. The molecule has 80 valence electrons. The lowest BCUT2D eigenvalue weighted by atomic mass is 10.1. The summed E-state index contributed by atoms with van der Waals surface area (Å²) in [5.41, 5.74) is 0.588. The molecule has 2 rings (SSSR count). The molecule has 0 spiro atoms. The van der Waals surface area contributed by atoms with Gasteiger partial charge < -0.3 is 5.11 Å². The maximum Gasteiger partial charge on any atom is 0.329 e. The van der Waals surface area contributed by atoms with Crippen molar-refractivity contribution in [2.45, 2.75) is 0 Å². The van der Waals surface area contributed by atoms with Crippen LogP contribution in [0, 0.1) is 0 Å². The number of fused-ring (bicyclic) bond motifs is 1. The number of carboxylic acid groups (broad SMARTS) is 1. The van der Waals surface area contributed by atoms with Crippen molar-refractivity contribution in [2.24, 2.45) is 0 Å². The second-order valence-electron chi connectivity index (χ2n) is 3.18. The molecule has 1 aromatic rings. The van der Waals surface area contributed by atoms with Gasteiger partial charge in [-0.3, -0.25) is 9.59 Å². The minimum Gasteiger partial charge on any atom is -0.478 e. The van der Waals surface area contributed by atoms with Gasteiger partial charge in [0, 0.05) is 12.3 Å². The molecule has 2 amide bonds. The SMILES string of the molecule is O=C(O)/C=C/N1C(=O)c2ccccc2C1=O. The first-order valence-electron chi connectivity index (χ1n) is 4.49. The van der Waals surface area contributed by atoms with Crippen LogP contribution in [0.3, 0.4) is 0 Å². The summed E-state index contributed by atoms with van der Waals surface area (Å²) in [7, 11) is 0. The molecule has 0 saturated carbocycles. The van der Waals surface area contributed by atoms with E-state index < -0.39 is 17.8 Å². The second-order valence-corrected chi connectivity index (χ2v) is 3.18. The van der Waals surface area contributed by atoms with Gasteiger partial charge in [-0.25, -0.2) is 9.69 Å². The summed E-state index contributed by atoms with van der Waals surface area (Å²) in [5, 5.41) is 8.43. The highest BCUT2D eigenvalue weighted by Crippen LogP contribution is 2.22. The maximum atomic E-state index is 11.7. The predicted molar refractivity (Wildman–Crippen MR) is 53.7 cm³/mol. The molecule has 16 heavy (non-hydrogen) atoms. The minimum absolute atomic E-state index is 0.294. The summed E-state index contributed by atoms with van der Waals surface area (Å²) in [4.78, 5) is 34.5. The summed E-state index contributed by atoms with van der Waals surface area (Å²) in [5.74, 6) is -2.22. The number of aliphatic carboxylic acids is 1. The average molecular weight is 217 g/mol. The molecule has 0 aliphatic carbocycles. The maximum absolute atomic E-state index is 11.7. The number of hydrogen-bond acceptors (Lipinski definition) is 3. The number of carbonyl (C=O) groups excluding carboxylic acids is 2. The number of amides is 2. The third-order valence-electron chi connectivity index (χ3n) is 2.19. The average Bonchev–Trinajstić information content (AvgIpc) is 2.50. The lowest BCUT2D eigenvalue weighted by Gasteiger charge is -2.05. The summed E-state index contributed by atoms with van der Waals surface area (Å²) in [6.07, 6.45) is 1.72.